The minimum Gasteiger partial charge on any atom is -0.308 e. The van der Waals surface area contributed by atoms with Gasteiger partial charge in [0.15, 0.2) is 0 Å². The Morgan fingerprint density at radius 2 is 1.75 bits per heavy atom. The van der Waals surface area contributed by atoms with Gasteiger partial charge in [-0.2, -0.15) is 8.78 Å². The van der Waals surface area contributed by atoms with Crippen molar-refractivity contribution in [2.45, 2.75) is 71.0 Å². The van der Waals surface area contributed by atoms with Gasteiger partial charge in [0.25, 0.3) is 0 Å². The van der Waals surface area contributed by atoms with Crippen LogP contribution >= 0.6 is 0 Å². The first-order valence-electron chi connectivity index (χ1n) is 9.26. The molecule has 1 unspecified atom stereocenters. The van der Waals surface area contributed by atoms with Crippen molar-refractivity contribution in [1.29, 1.82) is 0 Å². The highest BCUT2D eigenvalue weighted by atomic mass is 19.3. The highest BCUT2D eigenvalue weighted by molar-refractivity contribution is 5.26. The molecule has 24 heavy (non-hydrogen) atoms. The molecule has 1 aliphatic carbocycles. The minimum atomic E-state index is -3.14. The number of rotatable bonds is 4. The highest BCUT2D eigenvalue weighted by Crippen LogP contribution is 2.39. The van der Waals surface area contributed by atoms with Gasteiger partial charge in [0.2, 0.25) is 0 Å². The number of alkyl halides is 2. The average Bonchev–Trinajstić information content (AvgIpc) is 2.57. The third-order valence-corrected chi connectivity index (χ3v) is 5.72. The maximum absolute atomic E-state index is 13.7. The van der Waals surface area contributed by atoms with E-state index < -0.39 is 12.2 Å². The van der Waals surface area contributed by atoms with Crippen LogP contribution in [0.2, 0.25) is 0 Å². The molecular weight excluding hydrogens is 306 g/mol. The van der Waals surface area contributed by atoms with E-state index in [4.69, 9.17) is 4.74 Å². The van der Waals surface area contributed by atoms with E-state index in [0.29, 0.717) is 6.42 Å². The van der Waals surface area contributed by atoms with Crippen LogP contribution in [0.15, 0.2) is 35.9 Å². The molecule has 1 fully saturated rings. The molecule has 0 saturated heterocycles. The van der Waals surface area contributed by atoms with Crippen molar-refractivity contribution in [2.75, 3.05) is 0 Å². The molecule has 3 heteroatoms. The molecule has 2 aliphatic rings. The van der Waals surface area contributed by atoms with E-state index in [0.717, 1.165) is 23.8 Å². The van der Waals surface area contributed by atoms with Crippen molar-refractivity contribution in [3.63, 3.8) is 0 Å². The Morgan fingerprint density at radius 1 is 1.08 bits per heavy atom. The molecule has 132 valence electrons. The molecule has 0 bridgehead atoms. The summed E-state index contributed by atoms with van der Waals surface area (Å²) in [5.41, 5.74) is 2.15. The molecule has 1 aliphatic heterocycles. The Bertz CT molecular complexity index is 568. The predicted octanol–water partition coefficient (Wildman–Crippen LogP) is 6.45. The van der Waals surface area contributed by atoms with Gasteiger partial charge in [-0.1, -0.05) is 62.9 Å². The van der Waals surface area contributed by atoms with Crippen LogP contribution in [0.5, 0.6) is 0 Å². The highest BCUT2D eigenvalue weighted by Gasteiger charge is 2.39. The van der Waals surface area contributed by atoms with E-state index in [1.165, 1.54) is 44.6 Å². The SMILES string of the molecule is CC1=CCC(c2ccc(CCC3CCC(C)CC3)cc2)OC1(F)F. The summed E-state index contributed by atoms with van der Waals surface area (Å²) in [6, 6.07) is 8.06. The van der Waals surface area contributed by atoms with Crippen LogP contribution in [0.1, 0.15) is 69.6 Å². The molecule has 1 nitrogen and oxygen atoms in total. The molecule has 1 aromatic rings. The topological polar surface area (TPSA) is 9.23 Å². The van der Waals surface area contributed by atoms with Crippen LogP contribution in [-0.4, -0.2) is 6.11 Å². The normalized spacial score (nSPS) is 30.0. The van der Waals surface area contributed by atoms with Crippen LogP contribution in [0.4, 0.5) is 8.78 Å². The molecule has 0 amide bonds. The average molecular weight is 334 g/mol. The molecule has 1 atom stereocenters. The summed E-state index contributed by atoms with van der Waals surface area (Å²) >= 11 is 0. The van der Waals surface area contributed by atoms with Gasteiger partial charge in [0.1, 0.15) is 0 Å². The zero-order chi connectivity index (χ0) is 17.2. The van der Waals surface area contributed by atoms with E-state index in [2.05, 4.69) is 19.1 Å². The summed E-state index contributed by atoms with van der Waals surface area (Å²) in [6.45, 7) is 3.77. The van der Waals surface area contributed by atoms with Crippen LogP contribution < -0.4 is 0 Å². The molecule has 1 saturated carbocycles. The first-order valence-corrected chi connectivity index (χ1v) is 9.26. The summed E-state index contributed by atoms with van der Waals surface area (Å²) in [5.74, 6) is 1.75. The second kappa shape index (κ2) is 7.35. The first kappa shape index (κ1) is 17.6. The maximum atomic E-state index is 13.7. The number of aryl methyl sites for hydroxylation is 1. The Balaban J connectivity index is 1.54. The molecule has 1 heterocycles. The van der Waals surface area contributed by atoms with Crippen molar-refractivity contribution in [1.82, 2.24) is 0 Å². The van der Waals surface area contributed by atoms with Crippen LogP contribution in [0, 0.1) is 11.8 Å². The van der Waals surface area contributed by atoms with Crippen molar-refractivity contribution in [3.05, 3.63) is 47.0 Å². The van der Waals surface area contributed by atoms with E-state index in [9.17, 15) is 8.78 Å². The second-order valence-electron chi connectivity index (χ2n) is 7.65. The summed E-state index contributed by atoms with van der Waals surface area (Å²) < 4.78 is 32.3. The fraction of sp³-hybridized carbons (Fsp3) is 0.619. The Labute approximate surface area is 144 Å². The molecule has 3 rings (SSSR count). The largest absolute Gasteiger partial charge is 0.379 e. The summed E-state index contributed by atoms with van der Waals surface area (Å²) in [5, 5.41) is 0. The number of ether oxygens (including phenoxy) is 1. The van der Waals surface area contributed by atoms with E-state index in [-0.39, 0.29) is 5.57 Å². The zero-order valence-corrected chi connectivity index (χ0v) is 14.7. The van der Waals surface area contributed by atoms with E-state index >= 15 is 0 Å². The lowest BCUT2D eigenvalue weighted by Gasteiger charge is -2.29. The van der Waals surface area contributed by atoms with E-state index in [1.807, 2.05) is 12.1 Å². The molecule has 0 N–H and O–H groups in total. The number of benzene rings is 1. The quantitative estimate of drug-likeness (QED) is 0.575. The van der Waals surface area contributed by atoms with Crippen LogP contribution in [-0.2, 0) is 11.2 Å². The Hall–Kier alpha value is -1.22. The molecule has 0 radical (unpaired) electrons. The Kier molecular flexibility index (Phi) is 5.39. The van der Waals surface area contributed by atoms with Gasteiger partial charge < -0.3 is 4.74 Å². The lowest BCUT2D eigenvalue weighted by Crippen LogP contribution is -2.28. The second-order valence-corrected chi connectivity index (χ2v) is 7.65. The summed E-state index contributed by atoms with van der Waals surface area (Å²) in [4.78, 5) is 0. The van der Waals surface area contributed by atoms with Crippen molar-refractivity contribution >= 4 is 0 Å². The molecular formula is C21H28F2O. The van der Waals surface area contributed by atoms with Crippen LogP contribution in [0.3, 0.4) is 0 Å². The molecule has 1 aromatic carbocycles. The zero-order valence-electron chi connectivity index (χ0n) is 14.7. The fourth-order valence-corrected chi connectivity index (χ4v) is 3.81. The van der Waals surface area contributed by atoms with E-state index in [1.54, 1.807) is 6.08 Å². The summed E-state index contributed by atoms with van der Waals surface area (Å²) in [7, 11) is 0. The number of halogens is 2. The third kappa shape index (κ3) is 4.24. The smallest absolute Gasteiger partial charge is 0.308 e. The van der Waals surface area contributed by atoms with Crippen LogP contribution in [0.25, 0.3) is 0 Å². The van der Waals surface area contributed by atoms with Gasteiger partial charge in [0, 0.05) is 5.57 Å². The standard InChI is InChI=1S/C21H28F2O/c1-15-3-6-17(7-4-15)8-9-18-10-12-19(13-11-18)20-14-5-16(2)21(22,23)24-20/h5,10-13,15,17,20H,3-4,6-9,14H2,1-2H3. The lowest BCUT2D eigenvalue weighted by atomic mass is 9.80. The van der Waals surface area contributed by atoms with Crippen molar-refractivity contribution in [2.24, 2.45) is 11.8 Å². The van der Waals surface area contributed by atoms with Gasteiger partial charge in [-0.3, -0.25) is 0 Å². The monoisotopic (exact) mass is 334 g/mol. The lowest BCUT2D eigenvalue weighted by molar-refractivity contribution is -0.243. The predicted molar refractivity (Wildman–Crippen MR) is 93.0 cm³/mol. The van der Waals surface area contributed by atoms with Crippen molar-refractivity contribution < 1.29 is 13.5 Å². The maximum Gasteiger partial charge on any atom is 0.379 e. The molecule has 0 aromatic heterocycles. The minimum absolute atomic E-state index is 0.0113. The third-order valence-electron chi connectivity index (χ3n) is 5.72. The van der Waals surface area contributed by atoms with Gasteiger partial charge in [-0.15, -0.1) is 0 Å². The fourth-order valence-electron chi connectivity index (χ4n) is 3.81. The molecule has 0 spiro atoms. The number of hydrogen-bond donors (Lipinski definition) is 0. The van der Waals surface area contributed by atoms with Gasteiger partial charge in [-0.25, -0.2) is 0 Å². The van der Waals surface area contributed by atoms with Gasteiger partial charge in [-0.05, 0) is 49.1 Å². The Morgan fingerprint density at radius 3 is 2.38 bits per heavy atom. The van der Waals surface area contributed by atoms with Crippen molar-refractivity contribution in [3.8, 4) is 0 Å². The van der Waals surface area contributed by atoms with Gasteiger partial charge >= 0.3 is 6.11 Å². The first-order chi connectivity index (χ1) is 11.4. The van der Waals surface area contributed by atoms with Gasteiger partial charge in [0.05, 0.1) is 6.10 Å². The number of hydrogen-bond acceptors (Lipinski definition) is 1. The summed E-state index contributed by atoms with van der Waals surface area (Å²) in [6.07, 6.45) is 6.19.